The summed E-state index contributed by atoms with van der Waals surface area (Å²) in [4.78, 5) is 11.3. The van der Waals surface area contributed by atoms with Crippen molar-refractivity contribution in [3.05, 3.63) is 18.2 Å². The Morgan fingerprint density at radius 2 is 1.96 bits per heavy atom. The first-order chi connectivity index (χ1) is 11.3. The molecule has 0 radical (unpaired) electrons. The topological polar surface area (TPSA) is 45.5 Å². The Hall–Kier alpha value is -0.790. The number of hydrogen-bond donors (Lipinski definition) is 1. The molecule has 2 atom stereocenters. The smallest absolute Gasteiger partial charge is 0.193 e. The van der Waals surface area contributed by atoms with Gasteiger partial charge in [-0.2, -0.15) is 0 Å². The minimum absolute atomic E-state index is 0. The maximum Gasteiger partial charge on any atom is 0.193 e. The van der Waals surface area contributed by atoms with Crippen LogP contribution >= 0.6 is 24.0 Å². The largest absolute Gasteiger partial charge is 0.356 e. The van der Waals surface area contributed by atoms with Crippen LogP contribution in [-0.4, -0.2) is 47.1 Å². The zero-order chi connectivity index (χ0) is 16.1. The van der Waals surface area contributed by atoms with Gasteiger partial charge in [0, 0.05) is 45.6 Å². The fraction of sp³-hybridized carbons (Fsp3) is 0.778. The molecule has 0 amide bonds. The number of unbranched alkanes of at least 4 members (excludes halogenated alkanes) is 1. The lowest BCUT2D eigenvalue weighted by Gasteiger charge is -2.22. The molecule has 2 unspecified atom stereocenters. The number of halogens is 1. The van der Waals surface area contributed by atoms with E-state index in [1.54, 1.807) is 0 Å². The summed E-state index contributed by atoms with van der Waals surface area (Å²) < 4.78 is 2.22. The predicted molar refractivity (Wildman–Crippen MR) is 110 cm³/mol. The zero-order valence-corrected chi connectivity index (χ0v) is 17.4. The van der Waals surface area contributed by atoms with Crippen LogP contribution < -0.4 is 5.32 Å². The highest BCUT2D eigenvalue weighted by Crippen LogP contribution is 2.35. The number of rotatable bonds is 5. The molecular formula is C18H32IN5. The van der Waals surface area contributed by atoms with Gasteiger partial charge >= 0.3 is 0 Å². The number of aryl methyl sites for hydroxylation is 2. The number of hydrogen-bond acceptors (Lipinski definition) is 2. The van der Waals surface area contributed by atoms with Crippen LogP contribution in [0, 0.1) is 18.8 Å². The summed E-state index contributed by atoms with van der Waals surface area (Å²) in [5, 5.41) is 3.57. The van der Waals surface area contributed by atoms with Crippen molar-refractivity contribution in [2.75, 3.05) is 26.7 Å². The molecule has 1 N–H and O–H groups in total. The van der Waals surface area contributed by atoms with E-state index in [4.69, 9.17) is 0 Å². The maximum atomic E-state index is 4.51. The summed E-state index contributed by atoms with van der Waals surface area (Å²) >= 11 is 0. The highest BCUT2D eigenvalue weighted by molar-refractivity contribution is 14.0. The second-order valence-electron chi connectivity index (χ2n) is 7.06. The van der Waals surface area contributed by atoms with Gasteiger partial charge in [-0.15, -0.1) is 24.0 Å². The average molecular weight is 445 g/mol. The molecule has 6 heteroatoms. The second-order valence-corrected chi connectivity index (χ2v) is 7.06. The molecule has 0 aromatic carbocycles. The Bertz CT molecular complexity index is 513. The van der Waals surface area contributed by atoms with Gasteiger partial charge in [0.25, 0.3) is 0 Å². The lowest BCUT2D eigenvalue weighted by Crippen LogP contribution is -2.40. The average Bonchev–Trinajstić information content (AvgIpc) is 3.17. The van der Waals surface area contributed by atoms with Crippen molar-refractivity contribution in [1.29, 1.82) is 0 Å². The quantitative estimate of drug-likeness (QED) is 0.328. The summed E-state index contributed by atoms with van der Waals surface area (Å²) in [6.45, 7) is 6.54. The summed E-state index contributed by atoms with van der Waals surface area (Å²) in [6.07, 6.45) is 12.0. The molecule has 1 aromatic heterocycles. The molecule has 0 spiro atoms. The molecule has 1 aliphatic carbocycles. The van der Waals surface area contributed by atoms with Gasteiger partial charge in [-0.3, -0.25) is 4.99 Å². The van der Waals surface area contributed by atoms with Crippen molar-refractivity contribution in [3.8, 4) is 0 Å². The summed E-state index contributed by atoms with van der Waals surface area (Å²) in [5.41, 5.74) is 0. The van der Waals surface area contributed by atoms with E-state index in [0.29, 0.717) is 0 Å². The van der Waals surface area contributed by atoms with Crippen molar-refractivity contribution >= 4 is 29.9 Å². The van der Waals surface area contributed by atoms with E-state index in [2.05, 4.69) is 37.9 Å². The number of aliphatic imine (C=N–C) groups is 1. The Balaban J connectivity index is 0.00000208. The Kier molecular flexibility index (Phi) is 7.84. The monoisotopic (exact) mass is 445 g/mol. The molecule has 1 saturated carbocycles. The Labute approximate surface area is 163 Å². The Morgan fingerprint density at radius 3 is 2.54 bits per heavy atom. The number of guanidine groups is 1. The molecule has 2 aliphatic rings. The molecule has 136 valence electrons. The number of imidazole rings is 1. The summed E-state index contributed by atoms with van der Waals surface area (Å²) in [6, 6.07) is 0. The first-order valence-corrected chi connectivity index (χ1v) is 9.21. The molecule has 5 nitrogen and oxygen atoms in total. The van der Waals surface area contributed by atoms with Gasteiger partial charge < -0.3 is 14.8 Å². The van der Waals surface area contributed by atoms with Gasteiger partial charge in [0.15, 0.2) is 5.96 Å². The highest BCUT2D eigenvalue weighted by atomic mass is 127. The fourth-order valence-corrected chi connectivity index (χ4v) is 4.16. The molecule has 1 saturated heterocycles. The zero-order valence-electron chi connectivity index (χ0n) is 15.1. The molecule has 2 fully saturated rings. The van der Waals surface area contributed by atoms with Gasteiger partial charge in [0.05, 0.1) is 0 Å². The van der Waals surface area contributed by atoms with E-state index in [-0.39, 0.29) is 24.0 Å². The van der Waals surface area contributed by atoms with Crippen LogP contribution in [0.4, 0.5) is 0 Å². The van der Waals surface area contributed by atoms with Crippen molar-refractivity contribution in [1.82, 2.24) is 19.8 Å². The van der Waals surface area contributed by atoms with Crippen molar-refractivity contribution in [3.63, 3.8) is 0 Å². The highest BCUT2D eigenvalue weighted by Gasteiger charge is 2.35. The molecule has 1 aromatic rings. The van der Waals surface area contributed by atoms with E-state index >= 15 is 0 Å². The van der Waals surface area contributed by atoms with E-state index < -0.39 is 0 Å². The number of likely N-dealkylation sites (tertiary alicyclic amines) is 1. The van der Waals surface area contributed by atoms with E-state index in [1.165, 1.54) is 45.2 Å². The summed E-state index contributed by atoms with van der Waals surface area (Å²) in [7, 11) is 1.92. The lowest BCUT2D eigenvalue weighted by atomic mass is 9.82. The van der Waals surface area contributed by atoms with Crippen LogP contribution in [0.3, 0.4) is 0 Å². The van der Waals surface area contributed by atoms with Crippen LogP contribution in [0.1, 0.15) is 44.3 Å². The lowest BCUT2D eigenvalue weighted by molar-refractivity contribution is 0.299. The van der Waals surface area contributed by atoms with Crippen LogP contribution in [-0.2, 0) is 6.54 Å². The number of nitrogens with one attached hydrogen (secondary N) is 1. The molecule has 3 rings (SSSR count). The van der Waals surface area contributed by atoms with E-state index in [0.717, 1.165) is 43.1 Å². The van der Waals surface area contributed by atoms with Gasteiger partial charge in [-0.25, -0.2) is 4.98 Å². The van der Waals surface area contributed by atoms with Crippen molar-refractivity contribution in [2.24, 2.45) is 16.8 Å². The molecule has 2 heterocycles. The van der Waals surface area contributed by atoms with Gasteiger partial charge in [-0.05, 0) is 44.4 Å². The number of aromatic nitrogens is 2. The predicted octanol–water partition coefficient (Wildman–Crippen LogP) is 3.29. The van der Waals surface area contributed by atoms with Gasteiger partial charge in [0.2, 0.25) is 0 Å². The molecular weight excluding hydrogens is 413 g/mol. The molecule has 24 heavy (non-hydrogen) atoms. The maximum absolute atomic E-state index is 4.51. The number of fused-ring (bicyclic) bond motifs is 1. The fourth-order valence-electron chi connectivity index (χ4n) is 4.16. The van der Waals surface area contributed by atoms with Gasteiger partial charge in [0.1, 0.15) is 5.82 Å². The molecule has 0 bridgehead atoms. The minimum Gasteiger partial charge on any atom is -0.356 e. The van der Waals surface area contributed by atoms with E-state index in [9.17, 15) is 0 Å². The first-order valence-electron chi connectivity index (χ1n) is 9.21. The third kappa shape index (κ3) is 4.86. The molecule has 1 aliphatic heterocycles. The standard InChI is InChI=1S/C18H31N5.HI/c1-15-20-10-12-22(15)11-6-5-9-21-18(19-2)23-13-16-7-3-4-8-17(16)14-23;/h10,12,16-17H,3-9,11,13-14H2,1-2H3,(H,19,21);1H. The van der Waals surface area contributed by atoms with Crippen molar-refractivity contribution < 1.29 is 0 Å². The summed E-state index contributed by atoms with van der Waals surface area (Å²) in [5.74, 6) is 4.03. The van der Waals surface area contributed by atoms with E-state index in [1.807, 2.05) is 13.2 Å². The van der Waals surface area contributed by atoms with Gasteiger partial charge in [-0.1, -0.05) is 12.8 Å². The van der Waals surface area contributed by atoms with Crippen LogP contribution in [0.5, 0.6) is 0 Å². The van der Waals surface area contributed by atoms with Crippen LogP contribution in [0.2, 0.25) is 0 Å². The number of nitrogens with zero attached hydrogens (tertiary/aromatic N) is 4. The van der Waals surface area contributed by atoms with Crippen LogP contribution in [0.25, 0.3) is 0 Å². The normalized spacial score (nSPS) is 23.8. The minimum atomic E-state index is 0. The Morgan fingerprint density at radius 1 is 1.25 bits per heavy atom. The third-order valence-electron chi connectivity index (χ3n) is 5.52. The van der Waals surface area contributed by atoms with Crippen molar-refractivity contribution in [2.45, 2.75) is 52.0 Å². The second kappa shape index (κ2) is 9.63. The third-order valence-corrected chi connectivity index (χ3v) is 5.52. The SMILES string of the molecule is CN=C(NCCCCn1ccnc1C)N1CC2CCCCC2C1.I. The van der Waals surface area contributed by atoms with Crippen LogP contribution in [0.15, 0.2) is 17.4 Å². The first kappa shape index (κ1) is 19.5.